The maximum absolute atomic E-state index is 5.39. The minimum atomic E-state index is 0.276. The number of hydrogen-bond acceptors (Lipinski definition) is 3. The van der Waals surface area contributed by atoms with E-state index in [1.165, 1.54) is 37.7 Å². The molecule has 0 radical (unpaired) electrons. The molecule has 0 amide bonds. The molecule has 1 saturated carbocycles. The fourth-order valence-corrected chi connectivity index (χ4v) is 3.55. The molecule has 2 rings (SSSR count). The summed E-state index contributed by atoms with van der Waals surface area (Å²) >= 11 is 3.55. The fourth-order valence-electron chi connectivity index (χ4n) is 2.90. The monoisotopic (exact) mass is 341 g/mol. The summed E-state index contributed by atoms with van der Waals surface area (Å²) in [4.78, 5) is 0. The SMILES string of the molecule is COc1cc(CNC2(C)CCCCC2)cc(Br)c1OC. The van der Waals surface area contributed by atoms with Gasteiger partial charge in [-0.25, -0.2) is 0 Å². The third-order valence-electron chi connectivity index (χ3n) is 4.17. The average molecular weight is 342 g/mol. The largest absolute Gasteiger partial charge is 0.493 e. The summed E-state index contributed by atoms with van der Waals surface area (Å²) in [6, 6.07) is 4.14. The van der Waals surface area contributed by atoms with Crippen LogP contribution >= 0.6 is 15.9 Å². The molecule has 0 atom stereocenters. The lowest BCUT2D eigenvalue weighted by Gasteiger charge is -2.35. The third kappa shape index (κ3) is 3.67. The highest BCUT2D eigenvalue weighted by atomic mass is 79.9. The summed E-state index contributed by atoms with van der Waals surface area (Å²) in [6.45, 7) is 3.19. The minimum Gasteiger partial charge on any atom is -0.493 e. The maximum atomic E-state index is 5.39. The van der Waals surface area contributed by atoms with Crippen LogP contribution in [0.15, 0.2) is 16.6 Å². The van der Waals surface area contributed by atoms with Crippen molar-refractivity contribution in [2.45, 2.75) is 51.1 Å². The van der Waals surface area contributed by atoms with Crippen LogP contribution in [0.25, 0.3) is 0 Å². The zero-order chi connectivity index (χ0) is 14.6. The van der Waals surface area contributed by atoms with Crippen LogP contribution in [0.3, 0.4) is 0 Å². The van der Waals surface area contributed by atoms with Crippen molar-refractivity contribution in [2.24, 2.45) is 0 Å². The first-order valence-corrected chi connectivity index (χ1v) is 8.03. The van der Waals surface area contributed by atoms with E-state index in [1.54, 1.807) is 14.2 Å². The summed E-state index contributed by atoms with van der Waals surface area (Å²) in [7, 11) is 3.33. The Hall–Kier alpha value is -0.740. The van der Waals surface area contributed by atoms with Crippen molar-refractivity contribution in [3.8, 4) is 11.5 Å². The van der Waals surface area contributed by atoms with Crippen molar-refractivity contribution in [1.29, 1.82) is 0 Å². The van der Waals surface area contributed by atoms with Crippen LogP contribution < -0.4 is 14.8 Å². The second-order valence-corrected chi connectivity index (χ2v) is 6.64. The number of hydrogen-bond donors (Lipinski definition) is 1. The molecule has 0 aliphatic heterocycles. The van der Waals surface area contributed by atoms with Crippen molar-refractivity contribution in [3.05, 3.63) is 22.2 Å². The van der Waals surface area contributed by atoms with E-state index in [9.17, 15) is 0 Å². The molecule has 0 spiro atoms. The molecule has 0 unspecified atom stereocenters. The summed E-state index contributed by atoms with van der Waals surface area (Å²) < 4.78 is 11.7. The second kappa shape index (κ2) is 6.81. The van der Waals surface area contributed by atoms with Gasteiger partial charge in [0.05, 0.1) is 18.7 Å². The summed E-state index contributed by atoms with van der Waals surface area (Å²) in [5, 5.41) is 3.71. The normalized spacial score (nSPS) is 17.8. The number of nitrogens with one attached hydrogen (secondary N) is 1. The van der Waals surface area contributed by atoms with Crippen LogP contribution in [0.1, 0.15) is 44.6 Å². The van der Waals surface area contributed by atoms with E-state index < -0.39 is 0 Å². The molecule has 0 bridgehead atoms. The number of benzene rings is 1. The Balaban J connectivity index is 2.07. The van der Waals surface area contributed by atoms with Crippen LogP contribution in [0, 0.1) is 0 Å². The van der Waals surface area contributed by atoms with Crippen molar-refractivity contribution in [2.75, 3.05) is 14.2 Å². The van der Waals surface area contributed by atoms with E-state index in [2.05, 4.69) is 34.2 Å². The van der Waals surface area contributed by atoms with Gasteiger partial charge >= 0.3 is 0 Å². The van der Waals surface area contributed by atoms with Crippen molar-refractivity contribution in [1.82, 2.24) is 5.32 Å². The Bertz CT molecular complexity index is 456. The zero-order valence-electron chi connectivity index (χ0n) is 12.6. The fraction of sp³-hybridized carbons (Fsp3) is 0.625. The second-order valence-electron chi connectivity index (χ2n) is 5.79. The van der Waals surface area contributed by atoms with Crippen LogP contribution in [-0.2, 0) is 6.54 Å². The van der Waals surface area contributed by atoms with E-state index in [0.717, 1.165) is 22.5 Å². The molecule has 3 nitrogen and oxygen atoms in total. The van der Waals surface area contributed by atoms with Gasteiger partial charge in [0, 0.05) is 12.1 Å². The lowest BCUT2D eigenvalue weighted by Crippen LogP contribution is -2.43. The molecule has 1 aromatic carbocycles. The molecule has 0 aromatic heterocycles. The molecule has 1 N–H and O–H groups in total. The van der Waals surface area contributed by atoms with E-state index in [4.69, 9.17) is 9.47 Å². The highest BCUT2D eigenvalue weighted by molar-refractivity contribution is 9.10. The minimum absolute atomic E-state index is 0.276. The number of halogens is 1. The Morgan fingerprint density at radius 3 is 2.45 bits per heavy atom. The van der Waals surface area contributed by atoms with Crippen LogP contribution in [0.5, 0.6) is 11.5 Å². The van der Waals surface area contributed by atoms with Crippen LogP contribution in [-0.4, -0.2) is 19.8 Å². The van der Waals surface area contributed by atoms with Gasteiger partial charge in [0.1, 0.15) is 0 Å². The summed E-state index contributed by atoms with van der Waals surface area (Å²) in [5.41, 5.74) is 1.49. The first-order chi connectivity index (χ1) is 9.58. The van der Waals surface area contributed by atoms with Gasteiger partial charge < -0.3 is 14.8 Å². The van der Waals surface area contributed by atoms with Gasteiger partial charge in [0.2, 0.25) is 0 Å². The van der Waals surface area contributed by atoms with Crippen molar-refractivity contribution < 1.29 is 9.47 Å². The van der Waals surface area contributed by atoms with Gasteiger partial charge in [-0.3, -0.25) is 0 Å². The summed E-state index contributed by atoms with van der Waals surface area (Å²) in [5.74, 6) is 1.52. The lowest BCUT2D eigenvalue weighted by molar-refractivity contribution is 0.252. The van der Waals surface area contributed by atoms with Gasteiger partial charge in [0.25, 0.3) is 0 Å². The molecule has 1 aliphatic rings. The standard InChI is InChI=1S/C16H24BrNO2/c1-16(7-5-4-6-8-16)18-11-12-9-13(17)15(20-3)14(10-12)19-2/h9-10,18H,4-8,11H2,1-3H3. The highest BCUT2D eigenvalue weighted by Crippen LogP contribution is 2.36. The molecule has 4 heteroatoms. The van der Waals surface area contributed by atoms with Crippen LogP contribution in [0.4, 0.5) is 0 Å². The number of methoxy groups -OCH3 is 2. The number of rotatable bonds is 5. The highest BCUT2D eigenvalue weighted by Gasteiger charge is 2.25. The Morgan fingerprint density at radius 1 is 1.15 bits per heavy atom. The number of ether oxygens (including phenoxy) is 2. The molecular weight excluding hydrogens is 318 g/mol. The smallest absolute Gasteiger partial charge is 0.174 e. The molecule has 0 heterocycles. The predicted molar refractivity (Wildman–Crippen MR) is 85.6 cm³/mol. The van der Waals surface area contributed by atoms with Gasteiger partial charge in [-0.05, 0) is 53.4 Å². The van der Waals surface area contributed by atoms with Gasteiger partial charge in [-0.2, -0.15) is 0 Å². The quantitative estimate of drug-likeness (QED) is 0.866. The molecule has 1 aliphatic carbocycles. The first-order valence-electron chi connectivity index (χ1n) is 7.23. The molecule has 0 saturated heterocycles. The topological polar surface area (TPSA) is 30.5 Å². The van der Waals surface area contributed by atoms with E-state index >= 15 is 0 Å². The molecule has 1 aromatic rings. The van der Waals surface area contributed by atoms with E-state index in [1.807, 2.05) is 6.07 Å². The van der Waals surface area contributed by atoms with Gasteiger partial charge in [-0.15, -0.1) is 0 Å². The van der Waals surface area contributed by atoms with E-state index in [0.29, 0.717) is 0 Å². The first kappa shape index (κ1) is 15.6. The Kier molecular flexibility index (Phi) is 5.33. The zero-order valence-corrected chi connectivity index (χ0v) is 14.2. The van der Waals surface area contributed by atoms with E-state index in [-0.39, 0.29) is 5.54 Å². The average Bonchev–Trinajstić information content (AvgIpc) is 2.45. The van der Waals surface area contributed by atoms with Crippen molar-refractivity contribution >= 4 is 15.9 Å². The molecule has 112 valence electrons. The summed E-state index contributed by atoms with van der Waals surface area (Å²) in [6.07, 6.45) is 6.57. The molecular formula is C16H24BrNO2. The predicted octanol–water partition coefficient (Wildman–Crippen LogP) is 4.28. The Labute approximate surface area is 130 Å². The van der Waals surface area contributed by atoms with Gasteiger partial charge in [0.15, 0.2) is 11.5 Å². The Morgan fingerprint density at radius 2 is 1.85 bits per heavy atom. The van der Waals surface area contributed by atoms with Crippen LogP contribution in [0.2, 0.25) is 0 Å². The lowest BCUT2D eigenvalue weighted by atomic mass is 9.83. The maximum Gasteiger partial charge on any atom is 0.174 e. The molecule has 1 fully saturated rings. The molecule has 20 heavy (non-hydrogen) atoms. The third-order valence-corrected chi connectivity index (χ3v) is 4.76. The van der Waals surface area contributed by atoms with Crippen molar-refractivity contribution in [3.63, 3.8) is 0 Å². The van der Waals surface area contributed by atoms with Gasteiger partial charge in [-0.1, -0.05) is 19.3 Å².